The molecule has 10 heteroatoms. The number of carboxylic acids is 1. The molecule has 28 heavy (non-hydrogen) atoms. The molecule has 156 valence electrons. The number of carbonyl (C=O) groups is 4. The van der Waals surface area contributed by atoms with E-state index in [0.29, 0.717) is 4.90 Å². The van der Waals surface area contributed by atoms with Crippen LogP contribution < -0.4 is 56.5 Å². The second-order valence-corrected chi connectivity index (χ2v) is 8.96. The molecular formula is C18H30KNO8. The molecule has 0 saturated carbocycles. The number of nitrogens with zero attached hydrogens (tertiary/aromatic N) is 1. The molecule has 0 saturated heterocycles. The van der Waals surface area contributed by atoms with E-state index in [4.69, 9.17) is 14.2 Å². The van der Waals surface area contributed by atoms with Crippen LogP contribution >= 0.6 is 0 Å². The Bertz CT molecular complexity index is 556. The fraction of sp³-hybridized carbons (Fsp3) is 0.778. The van der Waals surface area contributed by atoms with Crippen molar-refractivity contribution in [3.8, 4) is 0 Å². The van der Waals surface area contributed by atoms with E-state index < -0.39 is 53.4 Å². The van der Waals surface area contributed by atoms with Crippen LogP contribution in [-0.4, -0.2) is 51.9 Å². The Hall–Kier alpha value is -0.684. The zero-order chi connectivity index (χ0) is 21.8. The number of ether oxygens (including phenoxy) is 3. The van der Waals surface area contributed by atoms with Gasteiger partial charge in [-0.3, -0.25) is 0 Å². The first-order valence-electron chi connectivity index (χ1n) is 8.50. The third-order valence-corrected chi connectivity index (χ3v) is 2.53. The van der Waals surface area contributed by atoms with Gasteiger partial charge in [-0.2, -0.15) is 4.90 Å². The minimum absolute atomic E-state index is 0. The van der Waals surface area contributed by atoms with Gasteiger partial charge in [-0.1, -0.05) is 0 Å². The molecule has 9 nitrogen and oxygen atoms in total. The van der Waals surface area contributed by atoms with Gasteiger partial charge in [0.2, 0.25) is 0 Å². The maximum absolute atomic E-state index is 12.6. The van der Waals surface area contributed by atoms with Gasteiger partial charge in [0.05, 0.1) is 0 Å². The molecule has 0 N–H and O–H groups in total. The van der Waals surface area contributed by atoms with E-state index in [-0.39, 0.29) is 51.4 Å². The number of esters is 1. The quantitative estimate of drug-likeness (QED) is 0.318. The summed E-state index contributed by atoms with van der Waals surface area (Å²) in [5.41, 5.74) is -2.98. The summed E-state index contributed by atoms with van der Waals surface area (Å²) in [6.07, 6.45) is -3.42. The molecule has 0 aliphatic carbocycles. The first-order chi connectivity index (χ1) is 11.8. The summed E-state index contributed by atoms with van der Waals surface area (Å²) in [7, 11) is 0. The van der Waals surface area contributed by atoms with Crippen molar-refractivity contribution in [3.63, 3.8) is 0 Å². The topological polar surface area (TPSA) is 122 Å². The van der Waals surface area contributed by atoms with Gasteiger partial charge in [0.15, 0.2) is 0 Å². The van der Waals surface area contributed by atoms with Gasteiger partial charge in [-0.15, -0.1) is 0 Å². The van der Waals surface area contributed by atoms with Crippen LogP contribution in [0.15, 0.2) is 0 Å². The number of carboxylic acid groups (broad SMARTS) is 1. The molecule has 0 aromatic heterocycles. The van der Waals surface area contributed by atoms with Crippen molar-refractivity contribution in [2.45, 2.75) is 91.6 Å². The van der Waals surface area contributed by atoms with Crippen LogP contribution in [0.2, 0.25) is 0 Å². The van der Waals surface area contributed by atoms with Gasteiger partial charge in [-0.05, 0) is 62.3 Å². The monoisotopic (exact) mass is 427 g/mol. The van der Waals surface area contributed by atoms with Gasteiger partial charge in [0, 0.05) is 12.4 Å². The van der Waals surface area contributed by atoms with Crippen molar-refractivity contribution < 1.29 is 89.9 Å². The molecule has 0 unspecified atom stereocenters. The Balaban J connectivity index is 0. The van der Waals surface area contributed by atoms with E-state index in [9.17, 15) is 24.3 Å². The molecule has 0 radical (unpaired) electrons. The van der Waals surface area contributed by atoms with Crippen molar-refractivity contribution >= 4 is 24.1 Å². The molecule has 0 spiro atoms. The Morgan fingerprint density at radius 2 is 1.07 bits per heavy atom. The van der Waals surface area contributed by atoms with Crippen LogP contribution in [0.1, 0.15) is 68.7 Å². The Kier molecular flexibility index (Phi) is 11.5. The van der Waals surface area contributed by atoms with E-state index in [2.05, 4.69) is 0 Å². The van der Waals surface area contributed by atoms with E-state index in [1.807, 2.05) is 0 Å². The first kappa shape index (κ1) is 29.5. The maximum Gasteiger partial charge on any atom is 1.00 e. The Morgan fingerprint density at radius 3 is 1.32 bits per heavy atom. The molecule has 0 rings (SSSR count). The van der Waals surface area contributed by atoms with Crippen LogP contribution in [0, 0.1) is 0 Å². The summed E-state index contributed by atoms with van der Waals surface area (Å²) in [5.74, 6) is -2.74. The average molecular weight is 428 g/mol. The normalized spacial score (nSPS) is 12.9. The average Bonchev–Trinajstić information content (AvgIpc) is 2.30. The van der Waals surface area contributed by atoms with Gasteiger partial charge >= 0.3 is 69.5 Å². The second kappa shape index (κ2) is 10.9. The summed E-state index contributed by atoms with van der Waals surface area (Å²) in [6, 6.07) is -1.81. The summed E-state index contributed by atoms with van der Waals surface area (Å²) in [5, 5.41) is 11.2. The van der Waals surface area contributed by atoms with Gasteiger partial charge < -0.3 is 24.1 Å². The molecule has 0 fully saturated rings. The number of hydrogen-bond acceptors (Lipinski definition) is 8. The third kappa shape index (κ3) is 12.7. The smallest absolute Gasteiger partial charge is 0.550 e. The van der Waals surface area contributed by atoms with Crippen molar-refractivity contribution in [3.05, 3.63) is 0 Å². The number of carbonyl (C=O) groups excluding carboxylic acids is 4. The fourth-order valence-electron chi connectivity index (χ4n) is 1.76. The van der Waals surface area contributed by atoms with Crippen LogP contribution in [0.4, 0.5) is 9.59 Å². The predicted octanol–water partition coefficient (Wildman–Crippen LogP) is -0.987. The molecule has 0 heterocycles. The van der Waals surface area contributed by atoms with E-state index in [1.165, 1.54) is 0 Å². The first-order valence-corrected chi connectivity index (χ1v) is 8.50. The number of amides is 2. The van der Waals surface area contributed by atoms with E-state index >= 15 is 0 Å². The Labute approximate surface area is 208 Å². The molecule has 0 bridgehead atoms. The summed E-state index contributed by atoms with van der Waals surface area (Å²) >= 11 is 0. The zero-order valence-electron chi connectivity index (χ0n) is 18.5. The number of rotatable bonds is 4. The van der Waals surface area contributed by atoms with Gasteiger partial charge in [0.25, 0.3) is 0 Å². The second-order valence-electron chi connectivity index (χ2n) is 8.96. The fourth-order valence-corrected chi connectivity index (χ4v) is 1.76. The number of hydrogen-bond donors (Lipinski definition) is 0. The summed E-state index contributed by atoms with van der Waals surface area (Å²) in [4.78, 5) is 49.1. The van der Waals surface area contributed by atoms with Crippen molar-refractivity contribution in [1.82, 2.24) is 4.90 Å². The van der Waals surface area contributed by atoms with Crippen molar-refractivity contribution in [1.29, 1.82) is 0 Å². The molecule has 0 aliphatic heterocycles. The molecule has 2 amide bonds. The predicted molar refractivity (Wildman–Crippen MR) is 93.6 cm³/mol. The minimum atomic E-state index is -1.81. The standard InChI is InChI=1S/C18H31NO8.K/c1-16(2,3)25-13(22)11(10-12(20)21)19(14(23)26-17(4,5)6)15(24)27-18(7,8)9;/h11H,10H2,1-9H3,(H,20,21);/q;+1/p-1/t11-;/m0./s1. The molecule has 0 aromatic carbocycles. The number of aliphatic carboxylic acids is 1. The molecule has 0 aromatic rings. The number of imide groups is 1. The van der Waals surface area contributed by atoms with Crippen LogP contribution in [0.5, 0.6) is 0 Å². The Morgan fingerprint density at radius 1 is 0.750 bits per heavy atom. The van der Waals surface area contributed by atoms with E-state index in [0.717, 1.165) is 0 Å². The van der Waals surface area contributed by atoms with Crippen LogP contribution in [0.3, 0.4) is 0 Å². The van der Waals surface area contributed by atoms with Crippen molar-refractivity contribution in [2.24, 2.45) is 0 Å². The maximum atomic E-state index is 12.6. The van der Waals surface area contributed by atoms with Crippen molar-refractivity contribution in [2.75, 3.05) is 0 Å². The van der Waals surface area contributed by atoms with Crippen LogP contribution in [-0.2, 0) is 23.8 Å². The largest absolute Gasteiger partial charge is 1.00 e. The van der Waals surface area contributed by atoms with Gasteiger partial charge in [0.1, 0.15) is 22.8 Å². The zero-order valence-corrected chi connectivity index (χ0v) is 21.6. The summed E-state index contributed by atoms with van der Waals surface area (Å²) < 4.78 is 15.4. The minimum Gasteiger partial charge on any atom is -0.550 e. The molecular weight excluding hydrogens is 397 g/mol. The van der Waals surface area contributed by atoms with Crippen LogP contribution in [0.25, 0.3) is 0 Å². The molecule has 0 aliphatic rings. The molecule has 1 atom stereocenters. The SMILES string of the molecule is CC(C)(C)OC(=O)[C@H](CC(=O)[O-])N(C(=O)OC(C)(C)C)C(=O)OC(C)(C)C.[K+]. The third-order valence-electron chi connectivity index (χ3n) is 2.53. The van der Waals surface area contributed by atoms with Gasteiger partial charge in [-0.25, -0.2) is 14.4 Å². The van der Waals surface area contributed by atoms with E-state index in [1.54, 1.807) is 62.3 Å². The summed E-state index contributed by atoms with van der Waals surface area (Å²) in [6.45, 7) is 14.0.